The van der Waals surface area contributed by atoms with E-state index in [9.17, 15) is 9.59 Å². The lowest BCUT2D eigenvalue weighted by atomic mass is 10.1. The van der Waals surface area contributed by atoms with Gasteiger partial charge in [0.15, 0.2) is 0 Å². The van der Waals surface area contributed by atoms with Crippen LogP contribution in [0.25, 0.3) is 0 Å². The first-order chi connectivity index (χ1) is 9.93. The first-order valence-electron chi connectivity index (χ1n) is 7.81. The summed E-state index contributed by atoms with van der Waals surface area (Å²) in [6.07, 6.45) is 3.59. The van der Waals surface area contributed by atoms with Gasteiger partial charge in [0.25, 0.3) is 0 Å². The zero-order chi connectivity index (χ0) is 15.8. The average molecular weight is 300 g/mol. The molecule has 2 atom stereocenters. The Bertz CT molecular complexity index is 341. The first kappa shape index (κ1) is 17.9. The minimum absolute atomic E-state index is 0.00775. The van der Waals surface area contributed by atoms with Crippen molar-refractivity contribution in [1.29, 1.82) is 0 Å². The Hall–Kier alpha value is -1.14. The van der Waals surface area contributed by atoms with Gasteiger partial charge in [0, 0.05) is 19.1 Å². The number of likely N-dealkylation sites (tertiary alicyclic amines) is 1. The Labute approximate surface area is 126 Å². The molecule has 6 heteroatoms. The molecule has 0 spiro atoms. The molecule has 1 amide bonds. The van der Waals surface area contributed by atoms with Crippen LogP contribution in [0, 0.1) is 0 Å². The fourth-order valence-electron chi connectivity index (χ4n) is 2.65. The van der Waals surface area contributed by atoms with Gasteiger partial charge in [-0.25, -0.2) is 4.79 Å². The van der Waals surface area contributed by atoms with Crippen LogP contribution in [0.5, 0.6) is 0 Å². The van der Waals surface area contributed by atoms with Crippen LogP contribution in [0.2, 0.25) is 0 Å². The van der Waals surface area contributed by atoms with E-state index in [4.69, 9.17) is 9.84 Å². The normalized spacial score (nSPS) is 20.0. The van der Waals surface area contributed by atoms with Gasteiger partial charge in [0.2, 0.25) is 5.91 Å². The monoisotopic (exact) mass is 300 g/mol. The van der Waals surface area contributed by atoms with E-state index in [1.54, 1.807) is 0 Å². The predicted molar refractivity (Wildman–Crippen MR) is 80.2 cm³/mol. The fourth-order valence-corrected chi connectivity index (χ4v) is 2.65. The van der Waals surface area contributed by atoms with Gasteiger partial charge in [-0.3, -0.25) is 9.69 Å². The molecule has 6 nitrogen and oxygen atoms in total. The number of aliphatic carboxylic acids is 1. The smallest absolute Gasteiger partial charge is 0.329 e. The summed E-state index contributed by atoms with van der Waals surface area (Å²) >= 11 is 0. The van der Waals surface area contributed by atoms with Crippen molar-refractivity contribution in [3.05, 3.63) is 0 Å². The number of amides is 1. The molecule has 0 saturated carbocycles. The van der Waals surface area contributed by atoms with Crippen LogP contribution in [-0.2, 0) is 14.3 Å². The highest BCUT2D eigenvalue weighted by atomic mass is 16.5. The third-order valence-electron chi connectivity index (χ3n) is 3.96. The summed E-state index contributed by atoms with van der Waals surface area (Å²) in [4.78, 5) is 24.8. The van der Waals surface area contributed by atoms with Crippen LogP contribution in [0.15, 0.2) is 0 Å². The van der Waals surface area contributed by atoms with Crippen molar-refractivity contribution in [1.82, 2.24) is 10.2 Å². The van der Waals surface area contributed by atoms with E-state index < -0.39 is 5.97 Å². The third kappa shape index (κ3) is 6.44. The Kier molecular flexibility index (Phi) is 7.67. The lowest BCUT2D eigenvalue weighted by Gasteiger charge is -2.35. The van der Waals surface area contributed by atoms with E-state index in [0.29, 0.717) is 0 Å². The van der Waals surface area contributed by atoms with Crippen LogP contribution >= 0.6 is 0 Å². The SMILES string of the molecule is CCCC(C)NC(=O)C(C)N1CCC(OCC(=O)O)CC1. The summed E-state index contributed by atoms with van der Waals surface area (Å²) < 4.78 is 5.30. The maximum atomic E-state index is 12.2. The molecule has 0 bridgehead atoms. The lowest BCUT2D eigenvalue weighted by molar-refractivity contribution is -0.145. The molecule has 1 fully saturated rings. The number of ether oxygens (including phenoxy) is 1. The maximum Gasteiger partial charge on any atom is 0.329 e. The van der Waals surface area contributed by atoms with Crippen molar-refractivity contribution in [2.75, 3.05) is 19.7 Å². The van der Waals surface area contributed by atoms with E-state index in [2.05, 4.69) is 17.1 Å². The zero-order valence-electron chi connectivity index (χ0n) is 13.3. The number of rotatable bonds is 8. The van der Waals surface area contributed by atoms with E-state index >= 15 is 0 Å². The standard InChI is InChI=1S/C15H28N2O4/c1-4-5-11(2)16-15(20)12(3)17-8-6-13(7-9-17)21-10-14(18)19/h11-13H,4-10H2,1-3H3,(H,16,20)(H,18,19). The van der Waals surface area contributed by atoms with Crippen molar-refractivity contribution < 1.29 is 19.4 Å². The van der Waals surface area contributed by atoms with Crippen molar-refractivity contribution in [2.45, 2.75) is 64.6 Å². The zero-order valence-corrected chi connectivity index (χ0v) is 13.3. The first-order valence-corrected chi connectivity index (χ1v) is 7.81. The van der Waals surface area contributed by atoms with Crippen LogP contribution < -0.4 is 5.32 Å². The van der Waals surface area contributed by atoms with Crippen LogP contribution in [-0.4, -0.2) is 59.8 Å². The number of carboxylic acid groups (broad SMARTS) is 1. The highest BCUT2D eigenvalue weighted by molar-refractivity contribution is 5.81. The third-order valence-corrected chi connectivity index (χ3v) is 3.96. The number of nitrogens with one attached hydrogen (secondary N) is 1. The van der Waals surface area contributed by atoms with Crippen molar-refractivity contribution >= 4 is 11.9 Å². The molecule has 0 aliphatic carbocycles. The van der Waals surface area contributed by atoms with Gasteiger partial charge in [-0.05, 0) is 33.1 Å². The predicted octanol–water partition coefficient (Wildman–Crippen LogP) is 1.25. The second-order valence-electron chi connectivity index (χ2n) is 5.81. The summed E-state index contributed by atoms with van der Waals surface area (Å²) in [6, 6.07) is 0.0612. The molecule has 21 heavy (non-hydrogen) atoms. The molecule has 1 heterocycles. The Morgan fingerprint density at radius 2 is 1.95 bits per heavy atom. The van der Waals surface area contributed by atoms with Gasteiger partial charge in [-0.1, -0.05) is 13.3 Å². The van der Waals surface area contributed by atoms with Crippen LogP contribution in [0.4, 0.5) is 0 Å². The molecular formula is C15H28N2O4. The summed E-state index contributed by atoms with van der Waals surface area (Å²) in [5.74, 6) is -0.865. The highest BCUT2D eigenvalue weighted by Crippen LogP contribution is 2.16. The Balaban J connectivity index is 2.32. The van der Waals surface area contributed by atoms with Gasteiger partial charge in [-0.15, -0.1) is 0 Å². The molecule has 0 aromatic carbocycles. The van der Waals surface area contributed by atoms with Gasteiger partial charge < -0.3 is 15.2 Å². The largest absolute Gasteiger partial charge is 0.480 e. The number of nitrogens with zero attached hydrogens (tertiary/aromatic N) is 1. The molecule has 1 saturated heterocycles. The molecule has 2 unspecified atom stereocenters. The minimum Gasteiger partial charge on any atom is -0.480 e. The topological polar surface area (TPSA) is 78.9 Å². The minimum atomic E-state index is -0.935. The number of hydrogen-bond donors (Lipinski definition) is 2. The van der Waals surface area contributed by atoms with Crippen molar-refractivity contribution in [3.8, 4) is 0 Å². The van der Waals surface area contributed by atoms with Gasteiger partial charge in [-0.2, -0.15) is 0 Å². The fraction of sp³-hybridized carbons (Fsp3) is 0.867. The van der Waals surface area contributed by atoms with Crippen molar-refractivity contribution in [3.63, 3.8) is 0 Å². The average Bonchev–Trinajstić information content (AvgIpc) is 2.45. The molecule has 0 radical (unpaired) electrons. The van der Waals surface area contributed by atoms with E-state index in [0.717, 1.165) is 38.8 Å². The number of piperidine rings is 1. The quantitative estimate of drug-likeness (QED) is 0.705. The number of hydrogen-bond acceptors (Lipinski definition) is 4. The summed E-state index contributed by atoms with van der Waals surface area (Å²) in [5.41, 5.74) is 0. The van der Waals surface area contributed by atoms with Gasteiger partial charge in [0.1, 0.15) is 6.61 Å². The molecule has 0 aromatic rings. The molecule has 1 aliphatic heterocycles. The molecule has 2 N–H and O–H groups in total. The Morgan fingerprint density at radius 3 is 2.48 bits per heavy atom. The second kappa shape index (κ2) is 9.00. The molecule has 122 valence electrons. The maximum absolute atomic E-state index is 12.2. The molecular weight excluding hydrogens is 272 g/mol. The summed E-state index contributed by atoms with van der Waals surface area (Å²) in [5, 5.41) is 11.6. The Morgan fingerprint density at radius 1 is 1.33 bits per heavy atom. The molecule has 0 aromatic heterocycles. The summed E-state index contributed by atoms with van der Waals surface area (Å²) in [7, 11) is 0. The molecule has 1 rings (SSSR count). The lowest BCUT2D eigenvalue weighted by Crippen LogP contribution is -2.51. The number of carbonyl (C=O) groups excluding carboxylic acids is 1. The highest BCUT2D eigenvalue weighted by Gasteiger charge is 2.27. The van der Waals surface area contributed by atoms with Gasteiger partial charge in [0.05, 0.1) is 12.1 Å². The summed E-state index contributed by atoms with van der Waals surface area (Å²) in [6.45, 7) is 7.35. The second-order valence-corrected chi connectivity index (χ2v) is 5.81. The van der Waals surface area contributed by atoms with E-state index in [1.165, 1.54) is 0 Å². The number of carbonyl (C=O) groups is 2. The van der Waals surface area contributed by atoms with E-state index in [-0.39, 0.29) is 30.7 Å². The van der Waals surface area contributed by atoms with Crippen LogP contribution in [0.1, 0.15) is 46.5 Å². The van der Waals surface area contributed by atoms with E-state index in [1.807, 2.05) is 13.8 Å². The molecule has 1 aliphatic rings. The van der Waals surface area contributed by atoms with Gasteiger partial charge >= 0.3 is 5.97 Å². The van der Waals surface area contributed by atoms with Crippen molar-refractivity contribution in [2.24, 2.45) is 0 Å². The number of carboxylic acids is 1. The van der Waals surface area contributed by atoms with Crippen LogP contribution in [0.3, 0.4) is 0 Å².